The van der Waals surface area contributed by atoms with Crippen LogP contribution in [0.2, 0.25) is 0 Å². The zero-order chi connectivity index (χ0) is 12.5. The smallest absolute Gasteiger partial charge is 0.272 e. The van der Waals surface area contributed by atoms with E-state index < -0.39 is 0 Å². The Morgan fingerprint density at radius 3 is 2.83 bits per heavy atom. The quantitative estimate of drug-likeness (QED) is 0.811. The molecule has 0 bridgehead atoms. The first-order valence-electron chi connectivity index (χ1n) is 6.08. The molecule has 1 aliphatic carbocycles. The average molecular weight is 241 g/mol. The Morgan fingerprint density at radius 1 is 1.28 bits per heavy atom. The van der Waals surface area contributed by atoms with Crippen molar-refractivity contribution >= 4 is 17.3 Å². The summed E-state index contributed by atoms with van der Waals surface area (Å²) in [5, 5.41) is 2.87. The van der Waals surface area contributed by atoms with Crippen molar-refractivity contribution in [2.75, 3.05) is 11.1 Å². The van der Waals surface area contributed by atoms with Crippen LogP contribution in [0, 0.1) is 0 Å². The molecule has 0 aliphatic heterocycles. The summed E-state index contributed by atoms with van der Waals surface area (Å²) >= 11 is 0. The number of carbonyl (C=O) groups excluding carboxylic acids is 1. The van der Waals surface area contributed by atoms with Crippen LogP contribution in [0.15, 0.2) is 42.6 Å². The number of carbonyl (C=O) groups is 1. The number of nitrogens with one attached hydrogen (secondary N) is 1. The minimum atomic E-state index is -0.0856. The van der Waals surface area contributed by atoms with Crippen molar-refractivity contribution in [3.8, 4) is 0 Å². The van der Waals surface area contributed by atoms with E-state index in [0.717, 1.165) is 18.5 Å². The number of nitrogen functional groups attached to an aromatic ring is 1. The fourth-order valence-electron chi connectivity index (χ4n) is 2.07. The van der Waals surface area contributed by atoms with E-state index in [2.05, 4.69) is 5.32 Å². The summed E-state index contributed by atoms with van der Waals surface area (Å²) in [4.78, 5) is 12.2. The van der Waals surface area contributed by atoms with Crippen LogP contribution in [-0.2, 0) is 0 Å². The predicted octanol–water partition coefficient (Wildman–Crippen LogP) is 2.66. The Balaban J connectivity index is 1.80. The molecule has 3 N–H and O–H groups in total. The average Bonchev–Trinajstić information content (AvgIpc) is 3.06. The first-order valence-corrected chi connectivity index (χ1v) is 6.08. The van der Waals surface area contributed by atoms with Gasteiger partial charge < -0.3 is 15.6 Å². The van der Waals surface area contributed by atoms with Crippen molar-refractivity contribution in [2.45, 2.75) is 18.9 Å². The SMILES string of the molecule is Nc1cccc(NC(=O)c2cccn2C2CC2)c1. The van der Waals surface area contributed by atoms with Crippen LogP contribution < -0.4 is 11.1 Å². The van der Waals surface area contributed by atoms with E-state index >= 15 is 0 Å². The Bertz CT molecular complexity index is 584. The molecule has 1 aliphatic rings. The molecule has 1 fully saturated rings. The van der Waals surface area contributed by atoms with Gasteiger partial charge in [-0.25, -0.2) is 0 Å². The molecule has 1 aromatic carbocycles. The second-order valence-corrected chi connectivity index (χ2v) is 4.61. The first-order chi connectivity index (χ1) is 8.74. The molecular formula is C14H15N3O. The van der Waals surface area contributed by atoms with Gasteiger partial charge in [0.2, 0.25) is 0 Å². The number of benzene rings is 1. The van der Waals surface area contributed by atoms with Crippen molar-refractivity contribution < 1.29 is 4.79 Å². The summed E-state index contributed by atoms with van der Waals surface area (Å²) in [5.41, 5.74) is 7.76. The van der Waals surface area contributed by atoms with E-state index in [9.17, 15) is 4.79 Å². The van der Waals surface area contributed by atoms with Gasteiger partial charge in [0, 0.05) is 23.6 Å². The Labute approximate surface area is 105 Å². The topological polar surface area (TPSA) is 60.0 Å². The van der Waals surface area contributed by atoms with Crippen molar-refractivity contribution in [3.63, 3.8) is 0 Å². The van der Waals surface area contributed by atoms with Crippen LogP contribution in [0.1, 0.15) is 29.4 Å². The highest BCUT2D eigenvalue weighted by Crippen LogP contribution is 2.36. The molecule has 4 nitrogen and oxygen atoms in total. The van der Waals surface area contributed by atoms with Gasteiger partial charge >= 0.3 is 0 Å². The van der Waals surface area contributed by atoms with Gasteiger partial charge in [-0.15, -0.1) is 0 Å². The van der Waals surface area contributed by atoms with E-state index in [1.54, 1.807) is 12.1 Å². The maximum atomic E-state index is 12.2. The molecule has 1 saturated carbocycles. The molecule has 0 radical (unpaired) electrons. The largest absolute Gasteiger partial charge is 0.399 e. The van der Waals surface area contributed by atoms with E-state index in [1.807, 2.05) is 35.0 Å². The lowest BCUT2D eigenvalue weighted by atomic mass is 10.2. The predicted molar refractivity (Wildman–Crippen MR) is 71.5 cm³/mol. The third-order valence-corrected chi connectivity index (χ3v) is 3.10. The molecule has 18 heavy (non-hydrogen) atoms. The molecule has 0 saturated heterocycles. The maximum absolute atomic E-state index is 12.2. The van der Waals surface area contributed by atoms with Crippen LogP contribution in [0.3, 0.4) is 0 Å². The number of hydrogen-bond donors (Lipinski definition) is 2. The molecule has 1 aromatic heterocycles. The van der Waals surface area contributed by atoms with Gasteiger partial charge in [-0.2, -0.15) is 0 Å². The minimum Gasteiger partial charge on any atom is -0.399 e. The van der Waals surface area contributed by atoms with E-state index in [0.29, 0.717) is 17.4 Å². The zero-order valence-corrected chi connectivity index (χ0v) is 9.97. The summed E-state index contributed by atoms with van der Waals surface area (Å²) in [6.07, 6.45) is 4.28. The molecule has 2 aromatic rings. The highest BCUT2D eigenvalue weighted by molar-refractivity contribution is 6.03. The first kappa shape index (κ1) is 10.9. The third-order valence-electron chi connectivity index (χ3n) is 3.10. The van der Waals surface area contributed by atoms with Gasteiger partial charge in [0.25, 0.3) is 5.91 Å². The lowest BCUT2D eigenvalue weighted by molar-refractivity contribution is 0.101. The van der Waals surface area contributed by atoms with Crippen LogP contribution >= 0.6 is 0 Å². The van der Waals surface area contributed by atoms with E-state index in [-0.39, 0.29) is 5.91 Å². The van der Waals surface area contributed by atoms with Crippen molar-refractivity contribution in [1.29, 1.82) is 0 Å². The Morgan fingerprint density at radius 2 is 2.11 bits per heavy atom. The minimum absolute atomic E-state index is 0.0856. The number of anilines is 2. The summed E-state index contributed by atoms with van der Waals surface area (Å²) in [7, 11) is 0. The van der Waals surface area contributed by atoms with Crippen molar-refractivity contribution in [3.05, 3.63) is 48.3 Å². The van der Waals surface area contributed by atoms with Crippen molar-refractivity contribution in [2.24, 2.45) is 0 Å². The molecule has 1 amide bonds. The second kappa shape index (κ2) is 4.22. The van der Waals surface area contributed by atoms with Crippen LogP contribution in [0.4, 0.5) is 11.4 Å². The molecule has 0 atom stereocenters. The number of nitrogens with zero attached hydrogens (tertiary/aromatic N) is 1. The third kappa shape index (κ3) is 2.09. The van der Waals surface area contributed by atoms with E-state index in [4.69, 9.17) is 5.73 Å². The normalized spacial score (nSPS) is 14.4. The van der Waals surface area contributed by atoms with Gasteiger partial charge in [-0.1, -0.05) is 6.07 Å². The highest BCUT2D eigenvalue weighted by atomic mass is 16.1. The molecule has 3 rings (SSSR count). The molecule has 92 valence electrons. The summed E-state index contributed by atoms with van der Waals surface area (Å²) in [6, 6.07) is 11.5. The second-order valence-electron chi connectivity index (χ2n) is 4.61. The molecule has 0 unspecified atom stereocenters. The van der Waals surface area contributed by atoms with Crippen LogP contribution in [-0.4, -0.2) is 10.5 Å². The molecule has 1 heterocycles. The summed E-state index contributed by atoms with van der Waals surface area (Å²) in [5.74, 6) is -0.0856. The lowest BCUT2D eigenvalue weighted by Gasteiger charge is -2.09. The molecular weight excluding hydrogens is 226 g/mol. The number of hydrogen-bond acceptors (Lipinski definition) is 2. The Hall–Kier alpha value is -2.23. The lowest BCUT2D eigenvalue weighted by Crippen LogP contribution is -2.16. The zero-order valence-electron chi connectivity index (χ0n) is 9.97. The standard InChI is InChI=1S/C14H15N3O/c15-10-3-1-4-11(9-10)16-14(18)13-5-2-8-17(13)12-6-7-12/h1-5,8-9,12H,6-7,15H2,(H,16,18). The number of aromatic nitrogens is 1. The maximum Gasteiger partial charge on any atom is 0.272 e. The summed E-state index contributed by atoms with van der Waals surface area (Å²) < 4.78 is 2.04. The van der Waals surface area contributed by atoms with Gasteiger partial charge in [0.1, 0.15) is 5.69 Å². The fourth-order valence-corrected chi connectivity index (χ4v) is 2.07. The van der Waals surface area contributed by atoms with Gasteiger partial charge in [-0.05, 0) is 43.2 Å². The van der Waals surface area contributed by atoms with Crippen LogP contribution in [0.5, 0.6) is 0 Å². The summed E-state index contributed by atoms with van der Waals surface area (Å²) in [6.45, 7) is 0. The van der Waals surface area contributed by atoms with Gasteiger partial charge in [0.05, 0.1) is 0 Å². The van der Waals surface area contributed by atoms with E-state index in [1.165, 1.54) is 0 Å². The monoisotopic (exact) mass is 241 g/mol. The van der Waals surface area contributed by atoms with Crippen LogP contribution in [0.25, 0.3) is 0 Å². The number of nitrogens with two attached hydrogens (primary N) is 1. The fraction of sp³-hybridized carbons (Fsp3) is 0.214. The van der Waals surface area contributed by atoms with Crippen molar-refractivity contribution in [1.82, 2.24) is 4.57 Å². The van der Waals surface area contributed by atoms with Gasteiger partial charge in [-0.3, -0.25) is 4.79 Å². The Kier molecular flexibility index (Phi) is 2.55. The number of amides is 1. The highest BCUT2D eigenvalue weighted by Gasteiger charge is 2.26. The number of rotatable bonds is 3. The van der Waals surface area contributed by atoms with Gasteiger partial charge in [0.15, 0.2) is 0 Å². The molecule has 4 heteroatoms. The molecule has 0 spiro atoms.